The SMILES string of the molecule is CC(C)(C)NC(=O)OCC1CCC(n2c(=O)[nH]c3cnc(-c4cnc5ccc(F)cn45)nc32)CC1. The number of halogens is 1. The summed E-state index contributed by atoms with van der Waals surface area (Å²) in [6, 6.07) is 2.90. The molecule has 0 aliphatic heterocycles. The zero-order chi connectivity index (χ0) is 24.7. The summed E-state index contributed by atoms with van der Waals surface area (Å²) in [5.74, 6) is 0.208. The average Bonchev–Trinajstić information content (AvgIpc) is 3.36. The molecule has 4 aromatic heterocycles. The maximum atomic E-state index is 13.8. The van der Waals surface area contributed by atoms with E-state index in [0.717, 1.165) is 25.7 Å². The zero-order valence-electron chi connectivity index (χ0n) is 19.9. The molecule has 1 amide bonds. The van der Waals surface area contributed by atoms with Gasteiger partial charge in [0.1, 0.15) is 22.7 Å². The second-order valence-corrected chi connectivity index (χ2v) is 10.1. The zero-order valence-corrected chi connectivity index (χ0v) is 19.9. The topological polar surface area (TPSA) is 119 Å². The van der Waals surface area contributed by atoms with E-state index in [-0.39, 0.29) is 23.2 Å². The molecule has 5 rings (SSSR count). The van der Waals surface area contributed by atoms with Crippen LogP contribution < -0.4 is 11.0 Å². The van der Waals surface area contributed by atoms with Crippen LogP contribution in [-0.2, 0) is 4.74 Å². The summed E-state index contributed by atoms with van der Waals surface area (Å²) in [5, 5.41) is 2.80. The van der Waals surface area contributed by atoms with Gasteiger partial charge in [0, 0.05) is 17.8 Å². The quantitative estimate of drug-likeness (QED) is 0.457. The van der Waals surface area contributed by atoms with Crippen molar-refractivity contribution in [1.29, 1.82) is 0 Å². The normalized spacial score (nSPS) is 18.7. The van der Waals surface area contributed by atoms with Gasteiger partial charge in [-0.1, -0.05) is 0 Å². The molecule has 0 radical (unpaired) electrons. The highest BCUT2D eigenvalue weighted by Crippen LogP contribution is 2.33. The highest BCUT2D eigenvalue weighted by Gasteiger charge is 2.27. The minimum Gasteiger partial charge on any atom is -0.449 e. The van der Waals surface area contributed by atoms with Gasteiger partial charge in [-0.15, -0.1) is 0 Å². The number of pyridine rings is 1. The molecule has 0 unspecified atom stereocenters. The van der Waals surface area contributed by atoms with Crippen molar-refractivity contribution in [3.63, 3.8) is 0 Å². The Balaban J connectivity index is 1.34. The lowest BCUT2D eigenvalue weighted by atomic mass is 9.86. The first-order valence-corrected chi connectivity index (χ1v) is 11.7. The Morgan fingerprint density at radius 3 is 2.71 bits per heavy atom. The molecule has 11 heteroatoms. The minimum absolute atomic E-state index is 0.0294. The van der Waals surface area contributed by atoms with Gasteiger partial charge in [-0.3, -0.25) is 8.97 Å². The Bertz CT molecular complexity index is 1440. The molecule has 0 bridgehead atoms. The molecule has 4 heterocycles. The summed E-state index contributed by atoms with van der Waals surface area (Å²) < 4.78 is 22.5. The molecule has 4 aromatic rings. The molecule has 0 saturated heterocycles. The third-order valence-corrected chi connectivity index (χ3v) is 6.26. The highest BCUT2D eigenvalue weighted by molar-refractivity contribution is 5.72. The number of hydrogen-bond acceptors (Lipinski definition) is 6. The molecule has 0 aromatic carbocycles. The lowest BCUT2D eigenvalue weighted by Crippen LogP contribution is -2.41. The first-order chi connectivity index (χ1) is 16.7. The number of nitrogens with zero attached hydrogens (tertiary/aromatic N) is 5. The molecule has 2 N–H and O–H groups in total. The number of fused-ring (bicyclic) bond motifs is 2. The van der Waals surface area contributed by atoms with Gasteiger partial charge >= 0.3 is 11.8 Å². The minimum atomic E-state index is -0.413. The molecular formula is C24H28FN7O3. The smallest absolute Gasteiger partial charge is 0.407 e. The molecule has 10 nitrogen and oxygen atoms in total. The van der Waals surface area contributed by atoms with Crippen molar-refractivity contribution in [2.24, 2.45) is 5.92 Å². The number of imidazole rings is 2. The summed E-state index contributed by atoms with van der Waals surface area (Å²) in [4.78, 5) is 40.9. The van der Waals surface area contributed by atoms with Crippen LogP contribution in [0.5, 0.6) is 0 Å². The number of amides is 1. The van der Waals surface area contributed by atoms with Crippen molar-refractivity contribution in [2.45, 2.75) is 58.0 Å². The summed E-state index contributed by atoms with van der Waals surface area (Å²) in [6.07, 6.45) is 7.27. The standard InChI is InChI=1S/C24H28FN7O3/c1-24(2,3)30-23(34)35-13-14-4-7-16(8-5-14)32-21-17(28-22(32)33)10-27-20(29-21)18-11-26-19-9-6-15(25)12-31(18)19/h6,9-12,14,16H,4-5,7-8,13H2,1-3H3,(H,28,33)(H,30,34). The molecule has 184 valence electrons. The van der Waals surface area contributed by atoms with Crippen molar-refractivity contribution in [1.82, 2.24) is 34.2 Å². The predicted octanol–water partition coefficient (Wildman–Crippen LogP) is 3.83. The highest BCUT2D eigenvalue weighted by atomic mass is 19.1. The van der Waals surface area contributed by atoms with E-state index < -0.39 is 11.9 Å². The number of aromatic amines is 1. The maximum absolute atomic E-state index is 13.8. The third kappa shape index (κ3) is 4.75. The Morgan fingerprint density at radius 2 is 1.97 bits per heavy atom. The largest absolute Gasteiger partial charge is 0.449 e. The fourth-order valence-corrected chi connectivity index (χ4v) is 4.60. The van der Waals surface area contributed by atoms with Crippen LogP contribution >= 0.6 is 0 Å². The number of H-pyrrole nitrogens is 1. The molecule has 1 aliphatic carbocycles. The average molecular weight is 482 g/mol. The van der Waals surface area contributed by atoms with E-state index in [0.29, 0.717) is 34.9 Å². The van der Waals surface area contributed by atoms with Crippen LogP contribution in [-0.4, -0.2) is 47.1 Å². The van der Waals surface area contributed by atoms with E-state index in [4.69, 9.17) is 4.74 Å². The number of alkyl carbamates (subject to hydrolysis) is 1. The summed E-state index contributed by atoms with van der Waals surface area (Å²) >= 11 is 0. The van der Waals surface area contributed by atoms with Gasteiger partial charge in [-0.25, -0.2) is 28.9 Å². The van der Waals surface area contributed by atoms with E-state index in [9.17, 15) is 14.0 Å². The number of ether oxygens (including phenoxy) is 1. The summed E-state index contributed by atoms with van der Waals surface area (Å²) in [6.45, 7) is 6.07. The van der Waals surface area contributed by atoms with Gasteiger partial charge in [0.15, 0.2) is 11.5 Å². The maximum Gasteiger partial charge on any atom is 0.407 e. The lowest BCUT2D eigenvalue weighted by Gasteiger charge is -2.29. The monoisotopic (exact) mass is 481 g/mol. The number of carbonyl (C=O) groups is 1. The van der Waals surface area contributed by atoms with Crippen LogP contribution in [0.2, 0.25) is 0 Å². The predicted molar refractivity (Wildman–Crippen MR) is 128 cm³/mol. The number of nitrogens with one attached hydrogen (secondary N) is 2. The first kappa shape index (κ1) is 23.0. The van der Waals surface area contributed by atoms with Crippen molar-refractivity contribution in [2.75, 3.05) is 6.61 Å². The Labute approximate surface area is 200 Å². The first-order valence-electron chi connectivity index (χ1n) is 11.7. The number of rotatable bonds is 4. The van der Waals surface area contributed by atoms with E-state index in [2.05, 4.69) is 25.3 Å². The molecule has 1 saturated carbocycles. The lowest BCUT2D eigenvalue weighted by molar-refractivity contribution is 0.104. The Morgan fingerprint density at radius 1 is 1.20 bits per heavy atom. The van der Waals surface area contributed by atoms with Crippen LogP contribution in [0, 0.1) is 11.7 Å². The van der Waals surface area contributed by atoms with Gasteiger partial charge in [-0.05, 0) is 64.5 Å². The summed E-state index contributed by atoms with van der Waals surface area (Å²) in [7, 11) is 0. The third-order valence-electron chi connectivity index (χ3n) is 6.26. The van der Waals surface area contributed by atoms with Gasteiger partial charge in [0.05, 0.1) is 19.0 Å². The Kier molecular flexibility index (Phi) is 5.78. The molecule has 1 aliphatic rings. The van der Waals surface area contributed by atoms with Crippen LogP contribution in [0.3, 0.4) is 0 Å². The van der Waals surface area contributed by atoms with Crippen molar-refractivity contribution < 1.29 is 13.9 Å². The van der Waals surface area contributed by atoms with Gasteiger partial charge < -0.3 is 15.0 Å². The van der Waals surface area contributed by atoms with Gasteiger partial charge in [0.25, 0.3) is 0 Å². The second kappa shape index (κ2) is 8.79. The fraction of sp³-hybridized carbons (Fsp3) is 0.458. The molecule has 0 spiro atoms. The van der Waals surface area contributed by atoms with Crippen LogP contribution in [0.25, 0.3) is 28.3 Å². The molecule has 35 heavy (non-hydrogen) atoms. The van der Waals surface area contributed by atoms with Crippen LogP contribution in [0.15, 0.2) is 35.5 Å². The molecule has 1 fully saturated rings. The van der Waals surface area contributed by atoms with Crippen molar-refractivity contribution >= 4 is 22.9 Å². The Hall–Kier alpha value is -3.76. The molecule has 0 atom stereocenters. The number of aromatic nitrogens is 6. The van der Waals surface area contributed by atoms with Crippen molar-refractivity contribution in [3.8, 4) is 11.5 Å². The van der Waals surface area contributed by atoms with E-state index >= 15 is 0 Å². The summed E-state index contributed by atoms with van der Waals surface area (Å²) in [5.41, 5.74) is 1.59. The van der Waals surface area contributed by atoms with Crippen molar-refractivity contribution in [3.05, 3.63) is 47.0 Å². The van der Waals surface area contributed by atoms with Gasteiger partial charge in [0.2, 0.25) is 0 Å². The second-order valence-electron chi connectivity index (χ2n) is 10.1. The van der Waals surface area contributed by atoms with Crippen LogP contribution in [0.1, 0.15) is 52.5 Å². The van der Waals surface area contributed by atoms with Gasteiger partial charge in [-0.2, -0.15) is 0 Å². The van der Waals surface area contributed by atoms with Crippen LogP contribution in [0.4, 0.5) is 9.18 Å². The number of hydrogen-bond donors (Lipinski definition) is 2. The molecular weight excluding hydrogens is 453 g/mol. The number of carbonyl (C=O) groups excluding carboxylic acids is 1. The van der Waals surface area contributed by atoms with E-state index in [1.807, 2.05) is 20.8 Å². The fourth-order valence-electron chi connectivity index (χ4n) is 4.60. The van der Waals surface area contributed by atoms with E-state index in [1.54, 1.807) is 27.4 Å². The van der Waals surface area contributed by atoms with E-state index in [1.165, 1.54) is 12.3 Å².